The first-order chi connectivity index (χ1) is 12.3. The van der Waals surface area contributed by atoms with E-state index in [1.54, 1.807) is 17.1 Å². The first kappa shape index (κ1) is 17.0. The van der Waals surface area contributed by atoms with Crippen molar-refractivity contribution in [1.82, 2.24) is 14.5 Å². The van der Waals surface area contributed by atoms with Gasteiger partial charge >= 0.3 is 0 Å². The van der Waals surface area contributed by atoms with Crippen LogP contribution in [0.4, 0.5) is 5.69 Å². The van der Waals surface area contributed by atoms with Gasteiger partial charge in [-0.1, -0.05) is 32.9 Å². The number of hydrogen-bond donors (Lipinski definition) is 0. The number of anilines is 1. The van der Waals surface area contributed by atoms with Crippen molar-refractivity contribution in [2.24, 2.45) is 11.3 Å². The van der Waals surface area contributed by atoms with Crippen LogP contribution < -0.4 is 10.5 Å². The van der Waals surface area contributed by atoms with Crippen LogP contribution >= 0.6 is 11.3 Å². The van der Waals surface area contributed by atoms with E-state index in [1.807, 2.05) is 31.1 Å². The van der Waals surface area contributed by atoms with Gasteiger partial charge in [0.05, 0.1) is 16.6 Å². The lowest BCUT2D eigenvalue weighted by molar-refractivity contribution is 0.364. The predicted molar refractivity (Wildman–Crippen MR) is 110 cm³/mol. The molecule has 3 aromatic heterocycles. The zero-order valence-electron chi connectivity index (χ0n) is 15.6. The molecule has 6 heteroatoms. The number of allylic oxidation sites excluding steroid dienone is 4. The topological polar surface area (TPSA) is 51.0 Å². The van der Waals surface area contributed by atoms with Gasteiger partial charge in [-0.3, -0.25) is 9.36 Å². The fourth-order valence-corrected chi connectivity index (χ4v) is 4.34. The maximum Gasteiger partial charge on any atom is 0.275 e. The van der Waals surface area contributed by atoms with Crippen LogP contribution in [0.2, 0.25) is 0 Å². The number of fused-ring (bicyclic) bond motifs is 3. The Morgan fingerprint density at radius 2 is 2.04 bits per heavy atom. The summed E-state index contributed by atoms with van der Waals surface area (Å²) in [7, 11) is 3.97. The summed E-state index contributed by atoms with van der Waals surface area (Å²) in [5.74, 6) is 0.426. The molecular weight excluding hydrogens is 344 g/mol. The molecule has 134 valence electrons. The average molecular weight is 366 g/mol. The predicted octanol–water partition coefficient (Wildman–Crippen LogP) is 4.15. The highest BCUT2D eigenvalue weighted by Crippen LogP contribution is 2.37. The van der Waals surface area contributed by atoms with Crippen LogP contribution in [-0.4, -0.2) is 28.6 Å². The molecule has 26 heavy (non-hydrogen) atoms. The van der Waals surface area contributed by atoms with Gasteiger partial charge in [0.15, 0.2) is 0 Å². The van der Waals surface area contributed by atoms with E-state index < -0.39 is 0 Å². The number of aromatic nitrogens is 3. The molecule has 3 aromatic rings. The molecular formula is C20H22N4OS. The third kappa shape index (κ3) is 2.48. The molecule has 0 saturated carbocycles. The second kappa shape index (κ2) is 5.77. The first-order valence-corrected chi connectivity index (χ1v) is 9.49. The van der Waals surface area contributed by atoms with E-state index in [-0.39, 0.29) is 11.0 Å². The quantitative estimate of drug-likeness (QED) is 0.684. The van der Waals surface area contributed by atoms with Crippen LogP contribution in [0.25, 0.3) is 26.1 Å². The average Bonchev–Trinajstić information content (AvgIpc) is 2.97. The minimum Gasteiger partial charge on any atom is -0.377 e. The maximum absolute atomic E-state index is 13.2. The number of nitrogens with zero attached hydrogens (tertiary/aromatic N) is 4. The summed E-state index contributed by atoms with van der Waals surface area (Å²) in [6, 6.07) is 1.96. The monoisotopic (exact) mass is 366 g/mol. The summed E-state index contributed by atoms with van der Waals surface area (Å²) < 4.78 is 2.30. The van der Waals surface area contributed by atoms with Crippen molar-refractivity contribution in [3.63, 3.8) is 0 Å². The third-order valence-corrected chi connectivity index (χ3v) is 6.34. The van der Waals surface area contributed by atoms with Crippen LogP contribution in [0.3, 0.4) is 0 Å². The van der Waals surface area contributed by atoms with Crippen molar-refractivity contribution >= 4 is 43.2 Å². The van der Waals surface area contributed by atoms with Gasteiger partial charge in [0.2, 0.25) is 0 Å². The highest BCUT2D eigenvalue weighted by atomic mass is 32.1. The van der Waals surface area contributed by atoms with Crippen LogP contribution in [0.1, 0.15) is 20.8 Å². The molecule has 0 aromatic carbocycles. The van der Waals surface area contributed by atoms with E-state index in [1.165, 1.54) is 11.3 Å². The molecule has 0 amide bonds. The van der Waals surface area contributed by atoms with Crippen LogP contribution in [-0.2, 0) is 0 Å². The van der Waals surface area contributed by atoms with Gasteiger partial charge in [-0.2, -0.15) is 0 Å². The normalized spacial score (nSPS) is 19.1. The molecule has 1 aliphatic carbocycles. The molecule has 0 bridgehead atoms. The van der Waals surface area contributed by atoms with Crippen LogP contribution in [0.15, 0.2) is 41.6 Å². The van der Waals surface area contributed by atoms with Crippen LogP contribution in [0, 0.1) is 11.3 Å². The van der Waals surface area contributed by atoms with Crippen molar-refractivity contribution in [1.29, 1.82) is 0 Å². The standard InChI is InChI=1S/C20H22N4OS/c1-12-6-7-13(10-20(12,2)3)24-11-22-16-15-14(23(4)5)8-9-21-18(15)26-17(16)19(24)25/h6-12H,1-5H3. The fourth-order valence-electron chi connectivity index (χ4n) is 3.30. The second-order valence-electron chi connectivity index (χ2n) is 7.64. The van der Waals surface area contributed by atoms with E-state index >= 15 is 0 Å². The summed E-state index contributed by atoms with van der Waals surface area (Å²) >= 11 is 1.41. The van der Waals surface area contributed by atoms with Crippen molar-refractivity contribution in [3.8, 4) is 0 Å². The number of thiophene rings is 1. The lowest BCUT2D eigenvalue weighted by Crippen LogP contribution is -2.25. The van der Waals surface area contributed by atoms with E-state index in [0.29, 0.717) is 10.6 Å². The molecule has 1 aliphatic rings. The highest BCUT2D eigenvalue weighted by molar-refractivity contribution is 7.25. The summed E-state index contributed by atoms with van der Waals surface area (Å²) in [4.78, 5) is 25.2. The minimum absolute atomic E-state index is 0.00170. The number of rotatable bonds is 2. The van der Waals surface area contributed by atoms with Crippen molar-refractivity contribution < 1.29 is 0 Å². The number of pyridine rings is 1. The first-order valence-electron chi connectivity index (χ1n) is 8.67. The lowest BCUT2D eigenvalue weighted by Gasteiger charge is -2.30. The van der Waals surface area contributed by atoms with Gasteiger partial charge in [-0.15, -0.1) is 11.3 Å². The Kier molecular flexibility index (Phi) is 3.77. The van der Waals surface area contributed by atoms with Gasteiger partial charge in [0.1, 0.15) is 15.9 Å². The molecule has 0 spiro atoms. The zero-order chi connectivity index (χ0) is 18.6. The Morgan fingerprint density at radius 3 is 2.73 bits per heavy atom. The van der Waals surface area contributed by atoms with E-state index in [9.17, 15) is 4.79 Å². The SMILES string of the molecule is CC1C=CC(n2cnc3c(sc4nccc(N(C)C)c43)c2=O)=CC1(C)C. The molecule has 5 nitrogen and oxygen atoms in total. The number of hydrogen-bond acceptors (Lipinski definition) is 5. The Bertz CT molecular complexity index is 1130. The van der Waals surface area contributed by atoms with Gasteiger partial charge in [-0.05, 0) is 23.5 Å². The maximum atomic E-state index is 13.2. The van der Waals surface area contributed by atoms with Crippen molar-refractivity contribution in [2.45, 2.75) is 20.8 Å². The Labute approximate surface area is 156 Å². The lowest BCUT2D eigenvalue weighted by atomic mass is 9.76. The zero-order valence-corrected chi connectivity index (χ0v) is 16.5. The second-order valence-corrected chi connectivity index (χ2v) is 8.64. The molecule has 1 atom stereocenters. The van der Waals surface area contributed by atoms with Gasteiger partial charge in [0.25, 0.3) is 5.56 Å². The largest absolute Gasteiger partial charge is 0.377 e. The third-order valence-electron chi connectivity index (χ3n) is 5.27. The molecule has 3 heterocycles. The molecule has 0 fully saturated rings. The van der Waals surface area contributed by atoms with Gasteiger partial charge < -0.3 is 4.90 Å². The summed E-state index contributed by atoms with van der Waals surface area (Å²) in [6.45, 7) is 6.56. The fraction of sp³-hybridized carbons (Fsp3) is 0.350. The molecule has 0 radical (unpaired) electrons. The molecule has 4 rings (SSSR count). The molecule has 0 aliphatic heterocycles. The minimum atomic E-state index is -0.0380. The van der Waals surface area contributed by atoms with Gasteiger partial charge in [0, 0.05) is 26.0 Å². The summed E-state index contributed by atoms with van der Waals surface area (Å²) in [5.41, 5.74) is 2.60. The molecule has 0 N–H and O–H groups in total. The van der Waals surface area contributed by atoms with E-state index in [4.69, 9.17) is 0 Å². The van der Waals surface area contributed by atoms with E-state index in [2.05, 4.69) is 42.9 Å². The highest BCUT2D eigenvalue weighted by Gasteiger charge is 2.26. The van der Waals surface area contributed by atoms with Crippen molar-refractivity contribution in [2.75, 3.05) is 19.0 Å². The van der Waals surface area contributed by atoms with E-state index in [0.717, 1.165) is 27.1 Å². The summed E-state index contributed by atoms with van der Waals surface area (Å²) in [5, 5.41) is 0.948. The summed E-state index contributed by atoms with van der Waals surface area (Å²) in [6.07, 6.45) is 9.75. The smallest absolute Gasteiger partial charge is 0.275 e. The Hall–Kier alpha value is -2.47. The van der Waals surface area contributed by atoms with Gasteiger partial charge in [-0.25, -0.2) is 9.97 Å². The Morgan fingerprint density at radius 1 is 1.27 bits per heavy atom. The van der Waals surface area contributed by atoms with Crippen molar-refractivity contribution in [3.05, 3.63) is 47.2 Å². The molecule has 1 unspecified atom stereocenters. The molecule has 0 saturated heterocycles. The van der Waals surface area contributed by atoms with Crippen LogP contribution in [0.5, 0.6) is 0 Å². The Balaban J connectivity index is 1.98.